The van der Waals surface area contributed by atoms with Gasteiger partial charge in [-0.15, -0.1) is 11.8 Å². The SMILES string of the molecule is C[C@@H](O)[C@H]1C(=O)N2C(C(=O)O)=C(S/C=C\CN)C[C@H]12. The standard InChI is InChI=1S/C12H16N2O4S/c1-6(15)9-7-5-8(19-4-2-3-13)10(12(17)18)14(7)11(9)16/h2,4,6-7,9,15H,3,5,13H2,1H3,(H,17,18)/b4-2-/t6-,7-,9-/m1/s1. The van der Waals surface area contributed by atoms with Gasteiger partial charge in [-0.1, -0.05) is 6.08 Å². The minimum atomic E-state index is -1.11. The molecule has 0 aromatic carbocycles. The Hall–Kier alpha value is -1.31. The molecule has 0 spiro atoms. The molecule has 2 aliphatic heterocycles. The van der Waals surface area contributed by atoms with Gasteiger partial charge in [0.15, 0.2) is 0 Å². The molecule has 0 aliphatic carbocycles. The van der Waals surface area contributed by atoms with E-state index in [1.165, 1.54) is 16.7 Å². The Morgan fingerprint density at radius 3 is 2.89 bits per heavy atom. The van der Waals surface area contributed by atoms with Crippen molar-refractivity contribution in [2.24, 2.45) is 11.7 Å². The van der Waals surface area contributed by atoms with Crippen LogP contribution in [0.15, 0.2) is 22.1 Å². The van der Waals surface area contributed by atoms with Crippen LogP contribution in [0.4, 0.5) is 0 Å². The third-order valence-corrected chi connectivity index (χ3v) is 4.31. The predicted molar refractivity (Wildman–Crippen MR) is 70.9 cm³/mol. The van der Waals surface area contributed by atoms with Crippen molar-refractivity contribution < 1.29 is 19.8 Å². The molecule has 0 saturated carbocycles. The molecule has 6 nitrogen and oxygen atoms in total. The van der Waals surface area contributed by atoms with Crippen LogP contribution in [0.2, 0.25) is 0 Å². The fraction of sp³-hybridized carbons (Fsp3) is 0.500. The maximum Gasteiger partial charge on any atom is 0.353 e. The number of aliphatic hydroxyl groups excluding tert-OH is 1. The first-order valence-electron chi connectivity index (χ1n) is 5.98. The fourth-order valence-electron chi connectivity index (χ4n) is 2.52. The number of nitrogens with two attached hydrogens (primary N) is 1. The largest absolute Gasteiger partial charge is 0.477 e. The van der Waals surface area contributed by atoms with Crippen molar-refractivity contribution >= 4 is 23.6 Å². The average molecular weight is 284 g/mol. The molecule has 0 aromatic heterocycles. The number of carbonyl (C=O) groups is 2. The number of carboxylic acid groups (broad SMARTS) is 1. The number of hydrogen-bond acceptors (Lipinski definition) is 5. The molecular formula is C12H16N2O4S. The zero-order chi connectivity index (χ0) is 14.2. The number of aliphatic hydroxyl groups is 1. The van der Waals surface area contributed by atoms with Crippen molar-refractivity contribution in [2.75, 3.05) is 6.54 Å². The van der Waals surface area contributed by atoms with Gasteiger partial charge in [-0.25, -0.2) is 4.79 Å². The van der Waals surface area contributed by atoms with E-state index in [-0.39, 0.29) is 17.6 Å². The molecule has 104 valence electrons. The van der Waals surface area contributed by atoms with Gasteiger partial charge in [-0.3, -0.25) is 4.79 Å². The summed E-state index contributed by atoms with van der Waals surface area (Å²) in [6.07, 6.45) is 1.44. The first-order valence-corrected chi connectivity index (χ1v) is 6.86. The quantitative estimate of drug-likeness (QED) is 0.619. The fourth-order valence-corrected chi connectivity index (χ4v) is 3.46. The van der Waals surface area contributed by atoms with Gasteiger partial charge in [0.25, 0.3) is 0 Å². The van der Waals surface area contributed by atoms with E-state index in [1.807, 2.05) is 0 Å². The van der Waals surface area contributed by atoms with E-state index in [1.54, 1.807) is 18.4 Å². The van der Waals surface area contributed by atoms with Crippen LogP contribution in [0.3, 0.4) is 0 Å². The molecule has 0 bridgehead atoms. The van der Waals surface area contributed by atoms with Crippen LogP contribution < -0.4 is 5.73 Å². The van der Waals surface area contributed by atoms with Crippen molar-refractivity contribution in [3.63, 3.8) is 0 Å². The topological polar surface area (TPSA) is 104 Å². The van der Waals surface area contributed by atoms with E-state index in [0.29, 0.717) is 17.9 Å². The van der Waals surface area contributed by atoms with Gasteiger partial charge < -0.3 is 20.8 Å². The molecular weight excluding hydrogens is 268 g/mol. The Bertz CT molecular complexity index is 472. The zero-order valence-corrected chi connectivity index (χ0v) is 11.3. The second-order valence-electron chi connectivity index (χ2n) is 4.55. The minimum Gasteiger partial charge on any atom is -0.477 e. The molecule has 1 amide bonds. The number of hydrogen-bond donors (Lipinski definition) is 3. The lowest BCUT2D eigenvalue weighted by Crippen LogP contribution is -2.61. The Morgan fingerprint density at radius 2 is 2.37 bits per heavy atom. The Kier molecular flexibility index (Phi) is 3.98. The smallest absolute Gasteiger partial charge is 0.353 e. The normalized spacial score (nSPS) is 27.7. The highest BCUT2D eigenvalue weighted by atomic mass is 32.2. The third kappa shape index (κ3) is 2.29. The lowest BCUT2D eigenvalue weighted by Gasteiger charge is -2.44. The maximum atomic E-state index is 11.9. The number of β-lactam (4-membered cyclic amide) rings is 1. The molecule has 1 saturated heterocycles. The lowest BCUT2D eigenvalue weighted by atomic mass is 9.83. The van der Waals surface area contributed by atoms with E-state index in [4.69, 9.17) is 5.73 Å². The van der Waals surface area contributed by atoms with Gasteiger partial charge in [0.05, 0.1) is 18.1 Å². The highest BCUT2D eigenvalue weighted by molar-refractivity contribution is 8.05. The summed E-state index contributed by atoms with van der Waals surface area (Å²) in [5.41, 5.74) is 5.37. The number of amides is 1. The average Bonchev–Trinajstić information content (AvgIpc) is 2.64. The second kappa shape index (κ2) is 5.36. The van der Waals surface area contributed by atoms with Crippen LogP contribution >= 0.6 is 11.8 Å². The summed E-state index contributed by atoms with van der Waals surface area (Å²) in [6.45, 7) is 1.94. The van der Waals surface area contributed by atoms with Gasteiger partial charge in [-0.05, 0) is 12.3 Å². The summed E-state index contributed by atoms with van der Waals surface area (Å²) in [6, 6.07) is -0.229. The van der Waals surface area contributed by atoms with Crippen molar-refractivity contribution in [1.29, 1.82) is 0 Å². The Labute approximate surface area is 114 Å². The van der Waals surface area contributed by atoms with E-state index in [2.05, 4.69) is 0 Å². The van der Waals surface area contributed by atoms with Crippen LogP contribution in [0, 0.1) is 5.92 Å². The molecule has 1 fully saturated rings. The van der Waals surface area contributed by atoms with Crippen LogP contribution in [0.25, 0.3) is 0 Å². The van der Waals surface area contributed by atoms with Crippen LogP contribution in [0.1, 0.15) is 13.3 Å². The molecule has 4 N–H and O–H groups in total. The van der Waals surface area contributed by atoms with E-state index < -0.39 is 18.0 Å². The van der Waals surface area contributed by atoms with Crippen molar-refractivity contribution in [1.82, 2.24) is 4.90 Å². The van der Waals surface area contributed by atoms with Gasteiger partial charge in [0.2, 0.25) is 5.91 Å². The van der Waals surface area contributed by atoms with E-state index in [0.717, 1.165) is 0 Å². The van der Waals surface area contributed by atoms with Crippen LogP contribution in [0.5, 0.6) is 0 Å². The maximum absolute atomic E-state index is 11.9. The van der Waals surface area contributed by atoms with Crippen LogP contribution in [-0.4, -0.2) is 45.7 Å². The number of fused-ring (bicyclic) bond motifs is 1. The summed E-state index contributed by atoms with van der Waals surface area (Å²) in [4.78, 5) is 25.1. The monoisotopic (exact) mass is 284 g/mol. The third-order valence-electron chi connectivity index (χ3n) is 3.33. The predicted octanol–water partition coefficient (Wildman–Crippen LogP) is 0.0997. The zero-order valence-electron chi connectivity index (χ0n) is 10.4. The number of carboxylic acids is 1. The molecule has 2 rings (SSSR count). The van der Waals surface area contributed by atoms with Gasteiger partial charge in [0, 0.05) is 17.9 Å². The molecule has 19 heavy (non-hydrogen) atoms. The molecule has 0 unspecified atom stereocenters. The highest BCUT2D eigenvalue weighted by Gasteiger charge is 2.56. The van der Waals surface area contributed by atoms with Crippen molar-refractivity contribution in [2.45, 2.75) is 25.5 Å². The Morgan fingerprint density at radius 1 is 1.68 bits per heavy atom. The molecule has 0 aromatic rings. The summed E-state index contributed by atoms with van der Waals surface area (Å²) < 4.78 is 0. The van der Waals surface area contributed by atoms with Crippen molar-refractivity contribution in [3.05, 3.63) is 22.1 Å². The van der Waals surface area contributed by atoms with Gasteiger partial charge in [0.1, 0.15) is 5.70 Å². The van der Waals surface area contributed by atoms with Gasteiger partial charge in [-0.2, -0.15) is 0 Å². The number of thioether (sulfide) groups is 1. The summed E-state index contributed by atoms with van der Waals surface area (Å²) in [5.74, 6) is -1.91. The lowest BCUT2D eigenvalue weighted by molar-refractivity contribution is -0.161. The van der Waals surface area contributed by atoms with Gasteiger partial charge >= 0.3 is 5.97 Å². The first-order chi connectivity index (χ1) is 8.99. The first kappa shape index (κ1) is 14.1. The number of nitrogens with zero attached hydrogens (tertiary/aromatic N) is 1. The second-order valence-corrected chi connectivity index (χ2v) is 5.55. The molecule has 0 radical (unpaired) electrons. The van der Waals surface area contributed by atoms with E-state index in [9.17, 15) is 19.8 Å². The van der Waals surface area contributed by atoms with E-state index >= 15 is 0 Å². The highest BCUT2D eigenvalue weighted by Crippen LogP contribution is 2.47. The van der Waals surface area contributed by atoms with Crippen LogP contribution in [-0.2, 0) is 9.59 Å². The molecule has 7 heteroatoms. The molecule has 3 atom stereocenters. The molecule has 2 heterocycles. The summed E-state index contributed by atoms with van der Waals surface area (Å²) in [7, 11) is 0. The minimum absolute atomic E-state index is 0.0403. The molecule has 2 aliphatic rings. The number of carbonyl (C=O) groups excluding carboxylic acids is 1. The van der Waals surface area contributed by atoms with Crippen molar-refractivity contribution in [3.8, 4) is 0 Å². The summed E-state index contributed by atoms with van der Waals surface area (Å²) >= 11 is 1.27. The number of aliphatic carboxylic acids is 1. The number of rotatable bonds is 5. The summed E-state index contributed by atoms with van der Waals surface area (Å²) in [5, 5.41) is 20.5. The Balaban J connectivity index is 2.21.